The van der Waals surface area contributed by atoms with Crippen LogP contribution in [0.3, 0.4) is 0 Å². The smallest absolute Gasteiger partial charge is 0.00894 e. The second-order valence-electron chi connectivity index (χ2n) is 14.8. The monoisotopic (exact) mass is 364 g/mol. The molecular formula is C26H52. The third-order valence-electron chi connectivity index (χ3n) is 9.18. The van der Waals surface area contributed by atoms with Crippen LogP contribution in [-0.4, -0.2) is 0 Å². The van der Waals surface area contributed by atoms with Crippen LogP contribution in [-0.2, 0) is 0 Å². The van der Waals surface area contributed by atoms with Crippen molar-refractivity contribution in [3.05, 3.63) is 0 Å². The van der Waals surface area contributed by atoms with Gasteiger partial charge in [0.1, 0.15) is 0 Å². The summed E-state index contributed by atoms with van der Waals surface area (Å²) in [6.45, 7) is 43.1. The van der Waals surface area contributed by atoms with Crippen molar-refractivity contribution in [1.29, 1.82) is 0 Å². The van der Waals surface area contributed by atoms with Crippen LogP contribution in [0.2, 0.25) is 0 Å². The van der Waals surface area contributed by atoms with E-state index in [0.29, 0.717) is 5.92 Å². The van der Waals surface area contributed by atoms with Gasteiger partial charge >= 0.3 is 0 Å². The summed E-state index contributed by atoms with van der Waals surface area (Å²) in [5.41, 5.74) is 1.65. The molecule has 0 heterocycles. The van der Waals surface area contributed by atoms with Gasteiger partial charge in [-0.15, -0.1) is 0 Å². The molecule has 0 aromatic heterocycles. The fourth-order valence-electron chi connectivity index (χ4n) is 10.7. The molecule has 0 amide bonds. The van der Waals surface area contributed by atoms with E-state index in [4.69, 9.17) is 0 Å². The van der Waals surface area contributed by atoms with Gasteiger partial charge in [0.2, 0.25) is 0 Å². The molecule has 0 spiro atoms. The van der Waals surface area contributed by atoms with Crippen molar-refractivity contribution in [2.75, 3.05) is 0 Å². The van der Waals surface area contributed by atoms with Gasteiger partial charge in [-0.05, 0) is 49.2 Å². The summed E-state index contributed by atoms with van der Waals surface area (Å²) >= 11 is 0. The van der Waals surface area contributed by atoms with Gasteiger partial charge in [0.05, 0.1) is 0 Å². The van der Waals surface area contributed by atoms with E-state index in [1.807, 2.05) is 0 Å². The summed E-state index contributed by atoms with van der Waals surface area (Å²) < 4.78 is 0. The first-order valence-corrected chi connectivity index (χ1v) is 10.9. The van der Waals surface area contributed by atoms with E-state index in [0.717, 1.165) is 0 Å². The summed E-state index contributed by atoms with van der Waals surface area (Å²) in [6, 6.07) is 0. The van der Waals surface area contributed by atoms with Crippen molar-refractivity contribution in [3.8, 4) is 0 Å². The Morgan fingerprint density at radius 1 is 0.500 bits per heavy atom. The quantitative estimate of drug-likeness (QED) is 0.402. The van der Waals surface area contributed by atoms with E-state index in [1.165, 1.54) is 0 Å². The molecule has 0 N–H and O–H groups in total. The van der Waals surface area contributed by atoms with E-state index >= 15 is 0 Å². The van der Waals surface area contributed by atoms with E-state index in [-0.39, 0.29) is 43.3 Å². The average molecular weight is 365 g/mol. The molecule has 0 nitrogen and oxygen atoms in total. The normalized spacial score (nSPS) is 32.0. The van der Waals surface area contributed by atoms with Gasteiger partial charge in [-0.1, -0.05) is 118 Å². The average Bonchev–Trinajstić information content (AvgIpc) is 2.30. The fraction of sp³-hybridized carbons (Fsp3) is 1.00. The molecule has 1 fully saturated rings. The SMILES string of the molecule is CC(C)(C)C1C(C)(C)C(C(C)(C)C)(C(C)(C)C)C(C)(C)C1(C)C(C)(C)C. The van der Waals surface area contributed by atoms with E-state index < -0.39 is 0 Å². The second-order valence-corrected chi connectivity index (χ2v) is 14.8. The van der Waals surface area contributed by atoms with Gasteiger partial charge in [0, 0.05) is 0 Å². The maximum atomic E-state index is 2.63. The van der Waals surface area contributed by atoms with E-state index in [9.17, 15) is 0 Å². The lowest BCUT2D eigenvalue weighted by molar-refractivity contribution is -0.197. The largest absolute Gasteiger partial charge is 0.0599 e. The van der Waals surface area contributed by atoms with Gasteiger partial charge in [-0.25, -0.2) is 0 Å². The molecule has 2 unspecified atom stereocenters. The first-order valence-electron chi connectivity index (χ1n) is 10.9. The molecule has 0 heteroatoms. The van der Waals surface area contributed by atoms with Crippen LogP contribution >= 0.6 is 0 Å². The summed E-state index contributed by atoms with van der Waals surface area (Å²) in [6.07, 6.45) is 0. The summed E-state index contributed by atoms with van der Waals surface area (Å²) in [4.78, 5) is 0. The predicted molar refractivity (Wildman–Crippen MR) is 119 cm³/mol. The lowest BCUT2D eigenvalue weighted by atomic mass is 9.37. The summed E-state index contributed by atoms with van der Waals surface area (Å²) in [5, 5.41) is 0. The highest BCUT2D eigenvalue weighted by molar-refractivity contribution is 5.28. The molecule has 0 bridgehead atoms. The Hall–Kier alpha value is 0. The number of rotatable bonds is 0. The molecule has 1 rings (SSSR count). The van der Waals surface area contributed by atoms with Crippen molar-refractivity contribution in [3.63, 3.8) is 0 Å². The van der Waals surface area contributed by atoms with Gasteiger partial charge < -0.3 is 0 Å². The second kappa shape index (κ2) is 5.54. The Morgan fingerprint density at radius 2 is 0.808 bits per heavy atom. The zero-order valence-electron chi connectivity index (χ0n) is 21.6. The molecule has 0 aromatic carbocycles. The van der Waals surface area contributed by atoms with Crippen molar-refractivity contribution < 1.29 is 0 Å². The maximum Gasteiger partial charge on any atom is -0.00894 e. The van der Waals surface area contributed by atoms with E-state index in [1.54, 1.807) is 0 Å². The zero-order chi connectivity index (χ0) is 21.6. The Morgan fingerprint density at radius 3 is 0.962 bits per heavy atom. The zero-order valence-corrected chi connectivity index (χ0v) is 21.6. The van der Waals surface area contributed by atoms with Gasteiger partial charge in [-0.2, -0.15) is 0 Å². The highest BCUT2D eigenvalue weighted by Crippen LogP contribution is 2.86. The molecule has 0 saturated heterocycles. The van der Waals surface area contributed by atoms with Crippen molar-refractivity contribution in [2.24, 2.45) is 49.2 Å². The van der Waals surface area contributed by atoms with E-state index in [2.05, 4.69) is 118 Å². The molecule has 26 heavy (non-hydrogen) atoms. The highest BCUT2D eigenvalue weighted by Gasteiger charge is 2.81. The van der Waals surface area contributed by atoms with Crippen LogP contribution in [0.15, 0.2) is 0 Å². The Labute approximate surface area is 167 Å². The standard InChI is InChI=1S/C26H52/c1-19(2,3)18-23(13,14)26(21(7,8)9,22(10,11)12)24(15,16)25(18,17)20(4,5)6/h18H,1-17H3. The minimum atomic E-state index is 0.177. The minimum absolute atomic E-state index is 0.177. The Kier molecular flexibility index (Phi) is 5.12. The predicted octanol–water partition coefficient (Wildman–Crippen LogP) is 8.85. The van der Waals surface area contributed by atoms with Crippen molar-refractivity contribution in [1.82, 2.24) is 0 Å². The first kappa shape index (κ1) is 24.0. The van der Waals surface area contributed by atoms with Crippen LogP contribution in [0.5, 0.6) is 0 Å². The molecule has 2 atom stereocenters. The van der Waals surface area contributed by atoms with Crippen LogP contribution in [0.4, 0.5) is 0 Å². The van der Waals surface area contributed by atoms with Crippen LogP contribution in [0.25, 0.3) is 0 Å². The molecule has 0 aromatic rings. The molecule has 0 radical (unpaired) electrons. The lowest BCUT2D eigenvalue weighted by Crippen LogP contribution is -2.62. The molecule has 156 valence electrons. The Balaban J connectivity index is 4.29. The van der Waals surface area contributed by atoms with Crippen molar-refractivity contribution >= 4 is 0 Å². The first-order chi connectivity index (χ1) is 10.9. The molecule has 1 saturated carbocycles. The number of hydrogen-bond acceptors (Lipinski definition) is 0. The summed E-state index contributed by atoms with van der Waals surface area (Å²) in [5.74, 6) is 0.621. The third-order valence-corrected chi connectivity index (χ3v) is 9.18. The van der Waals surface area contributed by atoms with Crippen LogP contribution < -0.4 is 0 Å². The van der Waals surface area contributed by atoms with Gasteiger partial charge in [0.15, 0.2) is 0 Å². The summed E-state index contributed by atoms with van der Waals surface area (Å²) in [7, 11) is 0. The minimum Gasteiger partial charge on any atom is -0.0599 e. The molecule has 1 aliphatic rings. The fourth-order valence-corrected chi connectivity index (χ4v) is 10.7. The van der Waals surface area contributed by atoms with Crippen molar-refractivity contribution in [2.45, 2.75) is 118 Å². The molecule has 1 aliphatic carbocycles. The van der Waals surface area contributed by atoms with Crippen LogP contribution in [0.1, 0.15) is 118 Å². The van der Waals surface area contributed by atoms with Crippen LogP contribution in [0, 0.1) is 49.2 Å². The highest BCUT2D eigenvalue weighted by atomic mass is 14.9. The number of hydrogen-bond donors (Lipinski definition) is 0. The molecular weight excluding hydrogens is 312 g/mol. The molecule has 0 aliphatic heterocycles. The topological polar surface area (TPSA) is 0 Å². The van der Waals surface area contributed by atoms with Gasteiger partial charge in [0.25, 0.3) is 0 Å². The Bertz CT molecular complexity index is 517. The lowest BCUT2D eigenvalue weighted by Gasteiger charge is -2.67. The van der Waals surface area contributed by atoms with Gasteiger partial charge in [-0.3, -0.25) is 0 Å². The maximum absolute atomic E-state index is 2.63. The third kappa shape index (κ3) is 2.45.